The number of fused-ring (bicyclic) bond motifs is 1. The van der Waals surface area contributed by atoms with Crippen LogP contribution in [0.15, 0.2) is 52.9 Å². The van der Waals surface area contributed by atoms with E-state index in [1.807, 2.05) is 24.3 Å². The molecule has 1 atom stereocenters. The van der Waals surface area contributed by atoms with Gasteiger partial charge in [0.05, 0.1) is 20.8 Å². The van der Waals surface area contributed by atoms with Crippen LogP contribution in [0.3, 0.4) is 0 Å². The molecule has 2 aromatic carbocycles. The van der Waals surface area contributed by atoms with Gasteiger partial charge in [0.15, 0.2) is 11.3 Å². The Morgan fingerprint density at radius 3 is 2.54 bits per heavy atom. The quantitative estimate of drug-likeness (QED) is 0.628. The van der Waals surface area contributed by atoms with E-state index >= 15 is 0 Å². The summed E-state index contributed by atoms with van der Waals surface area (Å²) in [5, 5.41) is 4.67. The molecule has 1 fully saturated rings. The Kier molecular flexibility index (Phi) is 5.84. The molecule has 0 saturated carbocycles. The van der Waals surface area contributed by atoms with E-state index in [2.05, 4.69) is 34.5 Å². The fourth-order valence-corrected chi connectivity index (χ4v) is 4.01. The summed E-state index contributed by atoms with van der Waals surface area (Å²) < 4.78 is 16.7. The Bertz CT molecular complexity index is 898. The van der Waals surface area contributed by atoms with Crippen LogP contribution in [0.25, 0.3) is 11.0 Å². The van der Waals surface area contributed by atoms with Crippen molar-refractivity contribution in [2.45, 2.75) is 25.4 Å². The van der Waals surface area contributed by atoms with Crippen molar-refractivity contribution in [2.24, 2.45) is 0 Å². The van der Waals surface area contributed by atoms with Gasteiger partial charge in [0.2, 0.25) is 0 Å². The van der Waals surface area contributed by atoms with Crippen molar-refractivity contribution < 1.29 is 13.9 Å². The van der Waals surface area contributed by atoms with Crippen molar-refractivity contribution >= 4 is 11.0 Å². The number of likely N-dealkylation sites (tertiary alicyclic amines) is 1. The number of hydrogen-bond donors (Lipinski definition) is 1. The van der Waals surface area contributed by atoms with Crippen molar-refractivity contribution in [3.05, 3.63) is 59.9 Å². The molecule has 2 heterocycles. The van der Waals surface area contributed by atoms with E-state index in [1.165, 1.54) is 18.4 Å². The lowest BCUT2D eigenvalue weighted by atomic mass is 10.1. The third kappa shape index (κ3) is 4.01. The molecule has 0 aliphatic carbocycles. The maximum atomic E-state index is 6.02. The van der Waals surface area contributed by atoms with E-state index in [0.29, 0.717) is 12.6 Å². The van der Waals surface area contributed by atoms with Crippen LogP contribution in [-0.2, 0) is 6.54 Å². The van der Waals surface area contributed by atoms with Gasteiger partial charge in [0.1, 0.15) is 11.5 Å². The maximum absolute atomic E-state index is 6.02. The zero-order chi connectivity index (χ0) is 19.3. The highest BCUT2D eigenvalue weighted by Crippen LogP contribution is 2.29. The molecule has 1 aliphatic rings. The standard InChI is InChI=1S/C23H28N2O3/c1-26-19-10-8-17(9-11-19)21(25-12-3-4-13-25)16-24-15-20-14-18-6-5-7-22(27-2)23(18)28-20/h5-11,14,21,24H,3-4,12-13,15-16H2,1-2H3. The molecule has 28 heavy (non-hydrogen) atoms. The maximum Gasteiger partial charge on any atom is 0.176 e. The Balaban J connectivity index is 1.45. The number of rotatable bonds is 8. The SMILES string of the molecule is COc1ccc(C(CNCc2cc3cccc(OC)c3o2)N2CCCC2)cc1. The summed E-state index contributed by atoms with van der Waals surface area (Å²) in [6.45, 7) is 3.87. The zero-order valence-corrected chi connectivity index (χ0v) is 16.6. The number of furan rings is 1. The van der Waals surface area contributed by atoms with Gasteiger partial charge < -0.3 is 19.2 Å². The van der Waals surface area contributed by atoms with Gasteiger partial charge in [-0.05, 0) is 55.8 Å². The number of para-hydroxylation sites is 1. The lowest BCUT2D eigenvalue weighted by Gasteiger charge is -2.28. The van der Waals surface area contributed by atoms with Crippen LogP contribution >= 0.6 is 0 Å². The topological polar surface area (TPSA) is 46.9 Å². The normalized spacial score (nSPS) is 15.8. The molecule has 1 saturated heterocycles. The van der Waals surface area contributed by atoms with Crippen LogP contribution in [0.2, 0.25) is 0 Å². The Labute approximate surface area is 166 Å². The highest BCUT2D eigenvalue weighted by molar-refractivity contribution is 5.83. The molecule has 5 nitrogen and oxygen atoms in total. The lowest BCUT2D eigenvalue weighted by Crippen LogP contribution is -2.33. The van der Waals surface area contributed by atoms with E-state index in [0.717, 1.165) is 47.9 Å². The largest absolute Gasteiger partial charge is 0.497 e. The predicted octanol–water partition coefficient (Wildman–Crippen LogP) is 4.38. The van der Waals surface area contributed by atoms with Crippen molar-refractivity contribution in [1.82, 2.24) is 10.2 Å². The van der Waals surface area contributed by atoms with Gasteiger partial charge in [-0.15, -0.1) is 0 Å². The number of methoxy groups -OCH3 is 2. The van der Waals surface area contributed by atoms with Gasteiger partial charge in [0.25, 0.3) is 0 Å². The molecule has 148 valence electrons. The second-order valence-electron chi connectivity index (χ2n) is 7.25. The van der Waals surface area contributed by atoms with Crippen molar-refractivity contribution in [3.8, 4) is 11.5 Å². The minimum Gasteiger partial charge on any atom is -0.497 e. The highest BCUT2D eigenvalue weighted by atomic mass is 16.5. The third-order valence-corrected chi connectivity index (χ3v) is 5.50. The summed E-state index contributed by atoms with van der Waals surface area (Å²) in [4.78, 5) is 2.57. The van der Waals surface area contributed by atoms with Crippen LogP contribution in [0.4, 0.5) is 0 Å². The average Bonchev–Trinajstić information content (AvgIpc) is 3.40. The van der Waals surface area contributed by atoms with Crippen LogP contribution < -0.4 is 14.8 Å². The van der Waals surface area contributed by atoms with E-state index in [-0.39, 0.29) is 0 Å². The van der Waals surface area contributed by atoms with Gasteiger partial charge >= 0.3 is 0 Å². The molecule has 1 unspecified atom stereocenters. The molecule has 4 rings (SSSR count). The first-order valence-electron chi connectivity index (χ1n) is 9.92. The van der Waals surface area contributed by atoms with Gasteiger partial charge in [-0.25, -0.2) is 0 Å². The van der Waals surface area contributed by atoms with E-state index < -0.39 is 0 Å². The van der Waals surface area contributed by atoms with E-state index in [4.69, 9.17) is 13.9 Å². The molecule has 1 aliphatic heterocycles. The molecule has 1 N–H and O–H groups in total. The molecule has 0 radical (unpaired) electrons. The highest BCUT2D eigenvalue weighted by Gasteiger charge is 2.23. The summed E-state index contributed by atoms with van der Waals surface area (Å²) in [6, 6.07) is 16.8. The first-order valence-corrected chi connectivity index (χ1v) is 9.92. The Morgan fingerprint density at radius 2 is 1.82 bits per heavy atom. The molecule has 0 bridgehead atoms. The lowest BCUT2D eigenvalue weighted by molar-refractivity contribution is 0.237. The molecule has 0 spiro atoms. The third-order valence-electron chi connectivity index (χ3n) is 5.50. The number of nitrogens with zero attached hydrogens (tertiary/aromatic N) is 1. The van der Waals surface area contributed by atoms with E-state index in [1.54, 1.807) is 14.2 Å². The number of benzene rings is 2. The van der Waals surface area contributed by atoms with Gasteiger partial charge in [-0.2, -0.15) is 0 Å². The first-order chi connectivity index (χ1) is 13.8. The van der Waals surface area contributed by atoms with E-state index in [9.17, 15) is 0 Å². The number of hydrogen-bond acceptors (Lipinski definition) is 5. The van der Waals surface area contributed by atoms with Crippen molar-refractivity contribution in [3.63, 3.8) is 0 Å². The average molecular weight is 380 g/mol. The summed E-state index contributed by atoms with van der Waals surface area (Å²) in [6.07, 6.45) is 2.55. The van der Waals surface area contributed by atoms with Gasteiger partial charge in [0, 0.05) is 18.0 Å². The zero-order valence-electron chi connectivity index (χ0n) is 16.6. The number of nitrogens with one attached hydrogen (secondary N) is 1. The molecular weight excluding hydrogens is 352 g/mol. The van der Waals surface area contributed by atoms with Crippen LogP contribution in [0, 0.1) is 0 Å². The molecule has 0 amide bonds. The van der Waals surface area contributed by atoms with Crippen LogP contribution in [0.5, 0.6) is 11.5 Å². The second-order valence-corrected chi connectivity index (χ2v) is 7.25. The summed E-state index contributed by atoms with van der Waals surface area (Å²) >= 11 is 0. The Morgan fingerprint density at radius 1 is 1.04 bits per heavy atom. The number of ether oxygens (including phenoxy) is 2. The smallest absolute Gasteiger partial charge is 0.176 e. The van der Waals surface area contributed by atoms with Crippen LogP contribution in [0.1, 0.15) is 30.2 Å². The molecule has 1 aromatic heterocycles. The van der Waals surface area contributed by atoms with Crippen molar-refractivity contribution in [1.29, 1.82) is 0 Å². The fraction of sp³-hybridized carbons (Fsp3) is 0.391. The minimum atomic E-state index is 0.354. The minimum absolute atomic E-state index is 0.354. The predicted molar refractivity (Wildman–Crippen MR) is 111 cm³/mol. The summed E-state index contributed by atoms with van der Waals surface area (Å²) in [7, 11) is 3.38. The molecule has 3 aromatic rings. The first kappa shape index (κ1) is 18.8. The molecule has 5 heteroatoms. The second kappa shape index (κ2) is 8.67. The molecular formula is C23H28N2O3. The monoisotopic (exact) mass is 380 g/mol. The fourth-order valence-electron chi connectivity index (χ4n) is 4.01. The van der Waals surface area contributed by atoms with Crippen molar-refractivity contribution in [2.75, 3.05) is 33.9 Å². The van der Waals surface area contributed by atoms with Gasteiger partial charge in [-0.1, -0.05) is 24.3 Å². The summed E-state index contributed by atoms with van der Waals surface area (Å²) in [5.41, 5.74) is 2.13. The van der Waals surface area contributed by atoms with Crippen LogP contribution in [-0.4, -0.2) is 38.8 Å². The summed E-state index contributed by atoms with van der Waals surface area (Å²) in [5.74, 6) is 2.60. The van der Waals surface area contributed by atoms with Gasteiger partial charge in [-0.3, -0.25) is 4.90 Å². The Hall–Kier alpha value is -2.50.